The van der Waals surface area contributed by atoms with Gasteiger partial charge >= 0.3 is 0 Å². The molecule has 106 valence electrons. The molecule has 0 spiro atoms. The second-order valence-electron chi connectivity index (χ2n) is 4.91. The molecule has 0 amide bonds. The summed E-state index contributed by atoms with van der Waals surface area (Å²) in [5.41, 5.74) is 0.789. The van der Waals surface area contributed by atoms with Crippen LogP contribution in [0.3, 0.4) is 0 Å². The fourth-order valence-electron chi connectivity index (χ4n) is 2.65. The quantitative estimate of drug-likeness (QED) is 0.876. The summed E-state index contributed by atoms with van der Waals surface area (Å²) in [6.07, 6.45) is 3.46. The van der Waals surface area contributed by atoms with Crippen LogP contribution in [0.25, 0.3) is 0 Å². The Balaban J connectivity index is 2.01. The summed E-state index contributed by atoms with van der Waals surface area (Å²) < 4.78 is 27.3. The highest BCUT2D eigenvalue weighted by atomic mass is 32.2. The van der Waals surface area contributed by atoms with E-state index in [1.165, 1.54) is 11.3 Å². The number of nitrogens with zero attached hydrogens (tertiary/aromatic N) is 2. The largest absolute Gasteiger partial charge is 0.248 e. The Morgan fingerprint density at radius 1 is 1.35 bits per heavy atom. The SMILES string of the molecule is Cc1ccccc1S(=O)(=O)N1CCCC1c1nccs1. The van der Waals surface area contributed by atoms with Gasteiger partial charge in [-0.25, -0.2) is 13.4 Å². The van der Waals surface area contributed by atoms with E-state index in [1.54, 1.807) is 22.6 Å². The normalized spacial score (nSPS) is 20.4. The van der Waals surface area contributed by atoms with Crippen LogP contribution < -0.4 is 0 Å². The van der Waals surface area contributed by atoms with E-state index >= 15 is 0 Å². The van der Waals surface area contributed by atoms with Gasteiger partial charge in [0.05, 0.1) is 10.9 Å². The molecule has 0 bridgehead atoms. The second-order valence-corrected chi connectivity index (χ2v) is 7.69. The van der Waals surface area contributed by atoms with E-state index in [-0.39, 0.29) is 6.04 Å². The first-order chi connectivity index (χ1) is 9.60. The third-order valence-corrected chi connectivity index (χ3v) is 6.57. The van der Waals surface area contributed by atoms with Crippen LogP contribution in [0.2, 0.25) is 0 Å². The van der Waals surface area contributed by atoms with Crippen molar-refractivity contribution in [1.29, 1.82) is 0 Å². The average Bonchev–Trinajstić information content (AvgIpc) is 3.10. The molecular formula is C14H16N2O2S2. The number of hydrogen-bond acceptors (Lipinski definition) is 4. The van der Waals surface area contributed by atoms with Gasteiger partial charge < -0.3 is 0 Å². The fraction of sp³-hybridized carbons (Fsp3) is 0.357. The summed E-state index contributed by atoms with van der Waals surface area (Å²) in [7, 11) is -3.44. The molecular weight excluding hydrogens is 292 g/mol. The molecule has 0 aliphatic carbocycles. The summed E-state index contributed by atoms with van der Waals surface area (Å²) in [4.78, 5) is 4.70. The van der Waals surface area contributed by atoms with Crippen LogP contribution in [0.15, 0.2) is 40.7 Å². The summed E-state index contributed by atoms with van der Waals surface area (Å²) in [6, 6.07) is 7.04. The molecule has 1 saturated heterocycles. The van der Waals surface area contributed by atoms with Gasteiger partial charge in [0, 0.05) is 18.1 Å². The summed E-state index contributed by atoms with van der Waals surface area (Å²) in [5, 5.41) is 2.78. The zero-order valence-electron chi connectivity index (χ0n) is 11.2. The molecule has 0 N–H and O–H groups in total. The number of benzene rings is 1. The van der Waals surface area contributed by atoms with Crippen molar-refractivity contribution in [1.82, 2.24) is 9.29 Å². The lowest BCUT2D eigenvalue weighted by Gasteiger charge is -2.23. The first-order valence-electron chi connectivity index (χ1n) is 6.57. The third kappa shape index (κ3) is 2.28. The first-order valence-corrected chi connectivity index (χ1v) is 8.89. The van der Waals surface area contributed by atoms with Crippen molar-refractivity contribution >= 4 is 21.4 Å². The zero-order valence-corrected chi connectivity index (χ0v) is 12.8. The Morgan fingerprint density at radius 3 is 2.85 bits per heavy atom. The van der Waals surface area contributed by atoms with Crippen molar-refractivity contribution in [2.24, 2.45) is 0 Å². The molecule has 1 aliphatic rings. The van der Waals surface area contributed by atoms with Crippen LogP contribution in [-0.4, -0.2) is 24.3 Å². The smallest absolute Gasteiger partial charge is 0.243 e. The molecule has 0 radical (unpaired) electrons. The van der Waals surface area contributed by atoms with E-state index in [2.05, 4.69) is 4.98 Å². The minimum Gasteiger partial charge on any atom is -0.248 e. The molecule has 1 aromatic carbocycles. The maximum absolute atomic E-state index is 12.9. The van der Waals surface area contributed by atoms with E-state index in [0.29, 0.717) is 11.4 Å². The highest BCUT2D eigenvalue weighted by molar-refractivity contribution is 7.89. The predicted molar refractivity (Wildman–Crippen MR) is 79.2 cm³/mol. The standard InChI is InChI=1S/C14H16N2O2S2/c1-11-5-2-3-7-13(11)20(17,18)16-9-4-6-12(16)14-15-8-10-19-14/h2-3,5,7-8,10,12H,4,6,9H2,1H3. The summed E-state index contributed by atoms with van der Waals surface area (Å²) in [6.45, 7) is 2.41. The molecule has 1 unspecified atom stereocenters. The minimum absolute atomic E-state index is 0.111. The Bertz CT molecular complexity index is 696. The number of sulfonamides is 1. The lowest BCUT2D eigenvalue weighted by molar-refractivity contribution is 0.395. The Labute approximate surface area is 123 Å². The maximum Gasteiger partial charge on any atom is 0.243 e. The number of hydrogen-bond donors (Lipinski definition) is 0. The van der Waals surface area contributed by atoms with Gasteiger partial charge in [0.15, 0.2) is 0 Å². The van der Waals surface area contributed by atoms with Crippen molar-refractivity contribution in [3.8, 4) is 0 Å². The van der Waals surface area contributed by atoms with Gasteiger partial charge in [0.1, 0.15) is 5.01 Å². The maximum atomic E-state index is 12.9. The molecule has 1 atom stereocenters. The van der Waals surface area contributed by atoms with Gasteiger partial charge in [0.2, 0.25) is 10.0 Å². The van der Waals surface area contributed by atoms with Gasteiger partial charge in [-0.05, 0) is 31.4 Å². The number of aryl methyl sites for hydroxylation is 1. The summed E-state index contributed by atoms with van der Waals surface area (Å²) in [5.74, 6) is 0. The summed E-state index contributed by atoms with van der Waals surface area (Å²) >= 11 is 1.52. The molecule has 6 heteroatoms. The molecule has 20 heavy (non-hydrogen) atoms. The van der Waals surface area contributed by atoms with E-state index < -0.39 is 10.0 Å². The fourth-order valence-corrected chi connectivity index (χ4v) is 5.39. The minimum atomic E-state index is -3.44. The van der Waals surface area contributed by atoms with Crippen molar-refractivity contribution in [2.75, 3.05) is 6.54 Å². The Morgan fingerprint density at radius 2 is 2.15 bits per heavy atom. The van der Waals surface area contributed by atoms with E-state index in [4.69, 9.17) is 0 Å². The van der Waals surface area contributed by atoms with E-state index in [0.717, 1.165) is 23.4 Å². The molecule has 1 aromatic heterocycles. The van der Waals surface area contributed by atoms with Gasteiger partial charge in [-0.1, -0.05) is 18.2 Å². The molecule has 2 heterocycles. The monoisotopic (exact) mass is 308 g/mol. The molecule has 1 aliphatic heterocycles. The van der Waals surface area contributed by atoms with Gasteiger partial charge in [0.25, 0.3) is 0 Å². The van der Waals surface area contributed by atoms with Gasteiger partial charge in [-0.2, -0.15) is 4.31 Å². The molecule has 1 fully saturated rings. The lowest BCUT2D eigenvalue weighted by Crippen LogP contribution is -2.31. The van der Waals surface area contributed by atoms with Crippen LogP contribution in [0.1, 0.15) is 29.5 Å². The van der Waals surface area contributed by atoms with E-state index in [9.17, 15) is 8.42 Å². The Hall–Kier alpha value is -1.24. The average molecular weight is 308 g/mol. The van der Waals surface area contributed by atoms with Crippen LogP contribution >= 0.6 is 11.3 Å². The van der Waals surface area contributed by atoms with Gasteiger partial charge in [-0.15, -0.1) is 11.3 Å². The van der Waals surface area contributed by atoms with Crippen molar-refractivity contribution in [3.63, 3.8) is 0 Å². The van der Waals surface area contributed by atoms with Crippen LogP contribution in [0.4, 0.5) is 0 Å². The first kappa shape index (κ1) is 13.7. The number of rotatable bonds is 3. The molecule has 3 rings (SSSR count). The van der Waals surface area contributed by atoms with Crippen molar-refractivity contribution in [2.45, 2.75) is 30.7 Å². The van der Waals surface area contributed by atoms with Crippen LogP contribution in [0, 0.1) is 6.92 Å². The number of aromatic nitrogens is 1. The zero-order chi connectivity index (χ0) is 14.2. The van der Waals surface area contributed by atoms with Gasteiger partial charge in [-0.3, -0.25) is 0 Å². The highest BCUT2D eigenvalue weighted by Gasteiger charge is 2.37. The van der Waals surface area contributed by atoms with Crippen molar-refractivity contribution in [3.05, 3.63) is 46.4 Å². The second kappa shape index (κ2) is 5.27. The third-order valence-electron chi connectivity index (χ3n) is 3.62. The van der Waals surface area contributed by atoms with E-state index in [1.807, 2.05) is 24.4 Å². The molecule has 0 saturated carbocycles. The topological polar surface area (TPSA) is 50.3 Å². The van der Waals surface area contributed by atoms with Crippen LogP contribution in [-0.2, 0) is 10.0 Å². The molecule has 2 aromatic rings. The predicted octanol–water partition coefficient (Wildman–Crippen LogP) is 2.98. The van der Waals surface area contributed by atoms with Crippen LogP contribution in [0.5, 0.6) is 0 Å². The highest BCUT2D eigenvalue weighted by Crippen LogP contribution is 2.37. The number of thiazole rings is 1. The Kier molecular flexibility index (Phi) is 3.62. The lowest BCUT2D eigenvalue weighted by atomic mass is 10.2. The molecule has 4 nitrogen and oxygen atoms in total. The van der Waals surface area contributed by atoms with Crippen molar-refractivity contribution < 1.29 is 8.42 Å².